The summed E-state index contributed by atoms with van der Waals surface area (Å²) in [7, 11) is 2.05. The van der Waals surface area contributed by atoms with Gasteiger partial charge in [0.1, 0.15) is 0 Å². The molecule has 2 heteroatoms. The van der Waals surface area contributed by atoms with E-state index in [2.05, 4.69) is 90.9 Å². The van der Waals surface area contributed by atoms with E-state index in [0.29, 0.717) is 0 Å². The van der Waals surface area contributed by atoms with E-state index in [9.17, 15) is 0 Å². The van der Waals surface area contributed by atoms with Crippen LogP contribution in [0.25, 0.3) is 10.9 Å². The van der Waals surface area contributed by atoms with E-state index in [-0.39, 0.29) is 10.8 Å². The summed E-state index contributed by atoms with van der Waals surface area (Å²) in [6.45, 7) is 16.1. The second-order valence-corrected chi connectivity index (χ2v) is 9.58. The predicted molar refractivity (Wildman–Crippen MR) is 112 cm³/mol. The highest BCUT2D eigenvalue weighted by Gasteiger charge is 2.25. The molecule has 0 radical (unpaired) electrons. The molecule has 0 saturated carbocycles. The van der Waals surface area contributed by atoms with E-state index < -0.39 is 0 Å². The molecule has 0 unspecified atom stereocenters. The maximum Gasteiger partial charge on any atom is 0.0719 e. The van der Waals surface area contributed by atoms with Crippen LogP contribution < -0.4 is 0 Å². The highest BCUT2D eigenvalue weighted by Crippen LogP contribution is 2.36. The highest BCUT2D eigenvalue weighted by atomic mass is 15.2. The van der Waals surface area contributed by atoms with Gasteiger partial charge < -0.3 is 0 Å². The van der Waals surface area contributed by atoms with Crippen LogP contribution in [-0.2, 0) is 24.3 Å². The van der Waals surface area contributed by atoms with Gasteiger partial charge in [0.2, 0.25) is 0 Å². The summed E-state index contributed by atoms with van der Waals surface area (Å²) in [4.78, 5) is 0. The van der Waals surface area contributed by atoms with Gasteiger partial charge in [-0.05, 0) is 52.0 Å². The first-order valence-electron chi connectivity index (χ1n) is 9.53. The van der Waals surface area contributed by atoms with Gasteiger partial charge in [-0.25, -0.2) is 0 Å². The van der Waals surface area contributed by atoms with Crippen molar-refractivity contribution in [1.82, 2.24) is 9.78 Å². The lowest BCUT2D eigenvalue weighted by atomic mass is 9.77. The Kier molecular flexibility index (Phi) is 4.50. The molecule has 0 aliphatic carbocycles. The Morgan fingerprint density at radius 3 is 2.23 bits per heavy atom. The Labute approximate surface area is 158 Å². The first-order chi connectivity index (χ1) is 12.0. The Morgan fingerprint density at radius 1 is 0.923 bits per heavy atom. The molecule has 3 rings (SSSR count). The topological polar surface area (TPSA) is 17.8 Å². The summed E-state index contributed by atoms with van der Waals surface area (Å²) in [5.74, 6) is 0. The third kappa shape index (κ3) is 3.30. The first-order valence-corrected chi connectivity index (χ1v) is 9.53. The second kappa shape index (κ2) is 6.26. The molecule has 0 bridgehead atoms. The van der Waals surface area contributed by atoms with Gasteiger partial charge in [0.25, 0.3) is 0 Å². The molecular formula is C24H32N2. The van der Waals surface area contributed by atoms with Gasteiger partial charge in [0.15, 0.2) is 0 Å². The van der Waals surface area contributed by atoms with Crippen molar-refractivity contribution in [1.29, 1.82) is 0 Å². The summed E-state index contributed by atoms with van der Waals surface area (Å²) < 4.78 is 2.03. The predicted octanol–water partition coefficient (Wildman–Crippen LogP) is 6.07. The molecule has 0 aliphatic heterocycles. The van der Waals surface area contributed by atoms with Crippen molar-refractivity contribution in [2.45, 2.75) is 65.7 Å². The summed E-state index contributed by atoms with van der Waals surface area (Å²) in [5.41, 5.74) is 8.58. The van der Waals surface area contributed by atoms with Gasteiger partial charge in [0, 0.05) is 12.4 Å². The quantitative estimate of drug-likeness (QED) is 0.550. The van der Waals surface area contributed by atoms with E-state index in [0.717, 1.165) is 6.42 Å². The van der Waals surface area contributed by atoms with Gasteiger partial charge in [-0.3, -0.25) is 4.68 Å². The van der Waals surface area contributed by atoms with Crippen molar-refractivity contribution in [3.8, 4) is 0 Å². The zero-order chi connectivity index (χ0) is 19.3. The first kappa shape index (κ1) is 18.7. The van der Waals surface area contributed by atoms with Crippen LogP contribution in [0, 0.1) is 6.92 Å². The maximum absolute atomic E-state index is 4.51. The number of hydrogen-bond donors (Lipinski definition) is 0. The minimum atomic E-state index is 0.0627. The van der Waals surface area contributed by atoms with E-state index in [1.165, 1.54) is 38.7 Å². The van der Waals surface area contributed by atoms with Gasteiger partial charge >= 0.3 is 0 Å². The molecule has 1 heterocycles. The number of aromatic nitrogens is 2. The van der Waals surface area contributed by atoms with E-state index in [4.69, 9.17) is 0 Å². The second-order valence-electron chi connectivity index (χ2n) is 9.58. The lowest BCUT2D eigenvalue weighted by Crippen LogP contribution is -2.19. The van der Waals surface area contributed by atoms with Crippen molar-refractivity contribution in [2.24, 2.45) is 7.05 Å². The standard InChI is InChI=1S/C24H32N2/c1-16-10-9-11-20(23(2,3)4)19(16)14-17-12-13-18-15-25-26(8)22(18)21(17)24(5,6)7/h9-13,15H,14H2,1-8H3. The molecule has 0 atom stereocenters. The Morgan fingerprint density at radius 2 is 1.62 bits per heavy atom. The Balaban J connectivity index is 2.25. The monoisotopic (exact) mass is 348 g/mol. The van der Waals surface area contributed by atoms with Gasteiger partial charge in [-0.2, -0.15) is 5.10 Å². The third-order valence-electron chi connectivity index (χ3n) is 5.32. The number of nitrogens with zero attached hydrogens (tertiary/aromatic N) is 2. The number of aryl methyl sites for hydroxylation is 2. The van der Waals surface area contributed by atoms with Crippen LogP contribution in [-0.4, -0.2) is 9.78 Å². The average molecular weight is 349 g/mol. The smallest absolute Gasteiger partial charge is 0.0719 e. The normalized spacial score (nSPS) is 12.8. The van der Waals surface area contributed by atoms with E-state index in [1.54, 1.807) is 0 Å². The minimum absolute atomic E-state index is 0.0627. The fourth-order valence-corrected chi connectivity index (χ4v) is 4.12. The molecule has 0 fully saturated rings. The zero-order valence-corrected chi connectivity index (χ0v) is 17.6. The van der Waals surface area contributed by atoms with Crippen molar-refractivity contribution >= 4 is 10.9 Å². The van der Waals surface area contributed by atoms with Gasteiger partial charge in [0.05, 0.1) is 11.7 Å². The molecule has 138 valence electrons. The van der Waals surface area contributed by atoms with Crippen LogP contribution >= 0.6 is 0 Å². The van der Waals surface area contributed by atoms with Crippen LogP contribution in [0.5, 0.6) is 0 Å². The molecule has 0 aliphatic rings. The van der Waals surface area contributed by atoms with Crippen molar-refractivity contribution in [2.75, 3.05) is 0 Å². The zero-order valence-electron chi connectivity index (χ0n) is 17.6. The van der Waals surface area contributed by atoms with Gasteiger partial charge in [-0.15, -0.1) is 0 Å². The molecular weight excluding hydrogens is 316 g/mol. The van der Waals surface area contributed by atoms with Gasteiger partial charge in [-0.1, -0.05) is 71.9 Å². The summed E-state index contributed by atoms with van der Waals surface area (Å²) in [6, 6.07) is 11.3. The molecule has 0 amide bonds. The molecule has 1 aromatic heterocycles. The van der Waals surface area contributed by atoms with Crippen LogP contribution in [0.4, 0.5) is 0 Å². The Bertz CT molecular complexity index is 947. The maximum atomic E-state index is 4.51. The van der Waals surface area contributed by atoms with Crippen LogP contribution in [0.15, 0.2) is 36.5 Å². The largest absolute Gasteiger partial charge is 0.268 e. The Hall–Kier alpha value is -2.09. The lowest BCUT2D eigenvalue weighted by Gasteiger charge is -2.28. The molecule has 0 N–H and O–H groups in total. The van der Waals surface area contributed by atoms with Crippen molar-refractivity contribution in [3.05, 3.63) is 64.3 Å². The molecule has 0 spiro atoms. The summed E-state index contributed by atoms with van der Waals surface area (Å²) >= 11 is 0. The van der Waals surface area contributed by atoms with Crippen molar-refractivity contribution < 1.29 is 0 Å². The molecule has 3 aromatic rings. The minimum Gasteiger partial charge on any atom is -0.268 e. The third-order valence-corrected chi connectivity index (χ3v) is 5.32. The molecule has 2 aromatic carbocycles. The van der Waals surface area contributed by atoms with Crippen LogP contribution in [0.2, 0.25) is 0 Å². The SMILES string of the molecule is Cc1cccc(C(C)(C)C)c1Cc1ccc2cnn(C)c2c1C(C)(C)C. The number of fused-ring (bicyclic) bond motifs is 1. The van der Waals surface area contributed by atoms with E-state index >= 15 is 0 Å². The fraction of sp³-hybridized carbons (Fsp3) is 0.458. The number of hydrogen-bond acceptors (Lipinski definition) is 1. The fourth-order valence-electron chi connectivity index (χ4n) is 4.12. The summed E-state index contributed by atoms with van der Waals surface area (Å²) in [6.07, 6.45) is 2.94. The highest BCUT2D eigenvalue weighted by molar-refractivity contribution is 5.84. The number of benzene rings is 2. The molecule has 2 nitrogen and oxygen atoms in total. The molecule has 26 heavy (non-hydrogen) atoms. The van der Waals surface area contributed by atoms with Crippen LogP contribution in [0.1, 0.15) is 69.4 Å². The number of rotatable bonds is 2. The lowest BCUT2D eigenvalue weighted by molar-refractivity contribution is 0.577. The average Bonchev–Trinajstić information content (AvgIpc) is 2.88. The van der Waals surface area contributed by atoms with E-state index in [1.807, 2.05) is 10.9 Å². The molecule has 0 saturated heterocycles. The van der Waals surface area contributed by atoms with Crippen molar-refractivity contribution in [3.63, 3.8) is 0 Å². The summed E-state index contributed by atoms with van der Waals surface area (Å²) in [5, 5.41) is 5.73. The van der Waals surface area contributed by atoms with Crippen LogP contribution in [0.3, 0.4) is 0 Å².